The zero-order valence-electron chi connectivity index (χ0n) is 21.4. The van der Waals surface area contributed by atoms with Gasteiger partial charge in [-0.05, 0) is 62.6 Å². The first-order valence-corrected chi connectivity index (χ1v) is 14.1. The molecule has 1 saturated carbocycles. The molecule has 0 radical (unpaired) electrons. The van der Waals surface area contributed by atoms with Crippen LogP contribution in [0.3, 0.4) is 0 Å². The number of hydrogen-bond acceptors (Lipinski definition) is 7. The molecule has 4 atom stereocenters. The van der Waals surface area contributed by atoms with Crippen LogP contribution < -0.4 is 10.1 Å². The lowest BCUT2D eigenvalue weighted by atomic mass is 9.86. The summed E-state index contributed by atoms with van der Waals surface area (Å²) < 4.78 is 6.55. The first-order chi connectivity index (χ1) is 18.0. The predicted molar refractivity (Wildman–Crippen MR) is 135 cm³/mol. The third-order valence-corrected chi connectivity index (χ3v) is 9.02. The molecule has 6 rings (SSSR count). The number of fused-ring (bicyclic) bond motifs is 1. The van der Waals surface area contributed by atoms with Gasteiger partial charge in [0, 0.05) is 50.7 Å². The van der Waals surface area contributed by atoms with Gasteiger partial charge in [0.1, 0.15) is 18.1 Å². The largest absolute Gasteiger partial charge is 0.489 e. The van der Waals surface area contributed by atoms with Crippen LogP contribution in [0.5, 0.6) is 5.75 Å². The number of carbonyl (C=O) groups is 3. The van der Waals surface area contributed by atoms with E-state index in [0.717, 1.165) is 75.2 Å². The molecule has 2 N–H and O–H groups in total. The topological polar surface area (TPSA) is 102 Å². The summed E-state index contributed by atoms with van der Waals surface area (Å²) in [6.07, 6.45) is 7.80. The van der Waals surface area contributed by atoms with E-state index >= 15 is 0 Å². The quantitative estimate of drug-likeness (QED) is 0.584. The van der Waals surface area contributed by atoms with E-state index in [0.29, 0.717) is 24.9 Å². The fourth-order valence-corrected chi connectivity index (χ4v) is 6.90. The summed E-state index contributed by atoms with van der Waals surface area (Å²) in [6.45, 7) is 3.94. The number of rotatable bonds is 5. The van der Waals surface area contributed by atoms with Crippen molar-refractivity contribution in [2.24, 2.45) is 5.92 Å². The Morgan fingerprint density at radius 3 is 2.57 bits per heavy atom. The van der Waals surface area contributed by atoms with E-state index in [-0.39, 0.29) is 30.3 Å². The molecule has 1 aromatic rings. The summed E-state index contributed by atoms with van der Waals surface area (Å²) in [7, 11) is 0. The molecule has 3 amide bonds. The minimum atomic E-state index is -0.870. The van der Waals surface area contributed by atoms with Gasteiger partial charge in [0.05, 0.1) is 12.0 Å². The molecule has 200 valence electrons. The lowest BCUT2D eigenvalue weighted by molar-refractivity contribution is -0.145. The van der Waals surface area contributed by atoms with Crippen LogP contribution in [0.25, 0.3) is 0 Å². The third-order valence-electron chi connectivity index (χ3n) is 9.02. The molecule has 37 heavy (non-hydrogen) atoms. The molecule has 9 nitrogen and oxygen atoms in total. The van der Waals surface area contributed by atoms with Crippen LogP contribution in [0.2, 0.25) is 0 Å². The summed E-state index contributed by atoms with van der Waals surface area (Å²) in [4.78, 5) is 43.1. The van der Waals surface area contributed by atoms with E-state index in [1.165, 1.54) is 12.8 Å². The Hall–Kier alpha value is -2.49. The highest BCUT2D eigenvalue weighted by Gasteiger charge is 2.43. The van der Waals surface area contributed by atoms with Crippen LogP contribution >= 0.6 is 0 Å². The number of aliphatic hydroxyl groups is 1. The Labute approximate surface area is 218 Å². The van der Waals surface area contributed by atoms with E-state index in [1.807, 2.05) is 18.2 Å². The Balaban J connectivity index is 1.08. The number of nitrogens with zero attached hydrogens (tertiary/aromatic N) is 3. The molecular weight excluding hydrogens is 472 g/mol. The highest BCUT2D eigenvalue weighted by molar-refractivity contribution is 6.00. The number of hydrogen-bond donors (Lipinski definition) is 2. The van der Waals surface area contributed by atoms with E-state index < -0.39 is 12.3 Å². The minimum Gasteiger partial charge on any atom is -0.489 e. The maximum Gasteiger partial charge on any atom is 0.244 e. The third kappa shape index (κ3) is 4.89. The zero-order chi connectivity index (χ0) is 25.5. The fourth-order valence-electron chi connectivity index (χ4n) is 6.90. The van der Waals surface area contributed by atoms with Gasteiger partial charge in [0.25, 0.3) is 0 Å². The van der Waals surface area contributed by atoms with Crippen molar-refractivity contribution in [1.29, 1.82) is 0 Å². The molecule has 0 spiro atoms. The average Bonchev–Trinajstić information content (AvgIpc) is 3.20. The second-order valence-electron chi connectivity index (χ2n) is 11.4. The van der Waals surface area contributed by atoms with Crippen LogP contribution in [-0.4, -0.2) is 81.9 Å². The molecular formula is C28H38N4O5. The molecule has 1 aliphatic carbocycles. The van der Waals surface area contributed by atoms with Gasteiger partial charge in [-0.1, -0.05) is 12.5 Å². The number of piperidine rings is 2. The van der Waals surface area contributed by atoms with Crippen molar-refractivity contribution in [3.63, 3.8) is 0 Å². The van der Waals surface area contributed by atoms with Gasteiger partial charge in [0.15, 0.2) is 0 Å². The van der Waals surface area contributed by atoms with Gasteiger partial charge in [0.2, 0.25) is 17.7 Å². The van der Waals surface area contributed by atoms with Gasteiger partial charge >= 0.3 is 0 Å². The Morgan fingerprint density at radius 1 is 1.00 bits per heavy atom. The Bertz CT molecular complexity index is 1050. The van der Waals surface area contributed by atoms with Crippen LogP contribution in [0.1, 0.15) is 75.1 Å². The molecule has 4 unspecified atom stereocenters. The average molecular weight is 511 g/mol. The van der Waals surface area contributed by atoms with Crippen LogP contribution in [0.15, 0.2) is 18.2 Å². The smallest absolute Gasteiger partial charge is 0.244 e. The monoisotopic (exact) mass is 510 g/mol. The van der Waals surface area contributed by atoms with Crippen LogP contribution in [0.4, 0.5) is 0 Å². The van der Waals surface area contributed by atoms with Crippen LogP contribution in [-0.2, 0) is 20.9 Å². The van der Waals surface area contributed by atoms with Gasteiger partial charge < -0.3 is 14.7 Å². The van der Waals surface area contributed by atoms with Crippen molar-refractivity contribution < 1.29 is 24.2 Å². The first kappa shape index (κ1) is 24.8. The van der Waals surface area contributed by atoms with Crippen molar-refractivity contribution in [2.75, 3.05) is 26.2 Å². The molecule has 4 heterocycles. The van der Waals surface area contributed by atoms with Crippen molar-refractivity contribution in [3.8, 4) is 5.75 Å². The fraction of sp³-hybridized carbons (Fsp3) is 0.679. The number of ether oxygens (including phenoxy) is 1. The number of imide groups is 1. The number of aliphatic hydroxyl groups excluding tert-OH is 1. The lowest BCUT2D eigenvalue weighted by Gasteiger charge is -2.48. The van der Waals surface area contributed by atoms with Gasteiger partial charge in [-0.3, -0.25) is 29.5 Å². The second-order valence-corrected chi connectivity index (χ2v) is 11.4. The van der Waals surface area contributed by atoms with Gasteiger partial charge in [-0.15, -0.1) is 0 Å². The van der Waals surface area contributed by atoms with Crippen LogP contribution in [0, 0.1) is 5.92 Å². The van der Waals surface area contributed by atoms with Crippen molar-refractivity contribution >= 4 is 17.7 Å². The highest BCUT2D eigenvalue weighted by atomic mass is 16.5. The first-order valence-electron chi connectivity index (χ1n) is 14.1. The molecule has 0 bridgehead atoms. The van der Waals surface area contributed by atoms with E-state index in [4.69, 9.17) is 4.74 Å². The minimum absolute atomic E-state index is 0.0791. The maximum absolute atomic E-state index is 12.9. The summed E-state index contributed by atoms with van der Waals surface area (Å²) in [5.41, 5.74) is 1.75. The molecule has 0 aromatic heterocycles. The van der Waals surface area contributed by atoms with E-state index in [9.17, 15) is 19.5 Å². The summed E-state index contributed by atoms with van der Waals surface area (Å²) in [5.74, 6) is 0.655. The Morgan fingerprint density at radius 2 is 1.78 bits per heavy atom. The molecule has 4 fully saturated rings. The van der Waals surface area contributed by atoms with Gasteiger partial charge in [-0.25, -0.2) is 0 Å². The number of benzene rings is 1. The van der Waals surface area contributed by atoms with Gasteiger partial charge in [-0.2, -0.15) is 0 Å². The molecule has 9 heteroatoms. The highest BCUT2D eigenvalue weighted by Crippen LogP contribution is 2.38. The molecule has 1 aromatic carbocycles. The standard InChI is InChI=1S/C28H38N4O5/c33-25-11-10-23(26(34)29-25)32-17-18-14-20(8-9-21(18)28(32)36)37-24-7-3-2-6-22(24)31-15-19(16-31)27(35)30-12-4-1-5-13-30/h8-9,14,19,22-24,28,36H,1-7,10-13,15-17H2,(H,29,33,34). The van der Waals surface area contributed by atoms with E-state index in [2.05, 4.69) is 15.1 Å². The normalized spacial score (nSPS) is 31.5. The van der Waals surface area contributed by atoms with Crippen molar-refractivity contribution in [2.45, 2.75) is 88.7 Å². The maximum atomic E-state index is 12.9. The summed E-state index contributed by atoms with van der Waals surface area (Å²) in [6, 6.07) is 5.61. The zero-order valence-corrected chi connectivity index (χ0v) is 21.4. The summed E-state index contributed by atoms with van der Waals surface area (Å²) >= 11 is 0. The molecule has 5 aliphatic rings. The van der Waals surface area contributed by atoms with Crippen molar-refractivity contribution in [3.05, 3.63) is 29.3 Å². The van der Waals surface area contributed by atoms with Crippen molar-refractivity contribution in [1.82, 2.24) is 20.0 Å². The lowest BCUT2D eigenvalue weighted by Crippen LogP contribution is -2.61. The number of likely N-dealkylation sites (tertiary alicyclic amines) is 2. The van der Waals surface area contributed by atoms with E-state index in [1.54, 1.807) is 4.90 Å². The Kier molecular flexibility index (Phi) is 6.94. The molecule has 3 saturated heterocycles. The number of carbonyl (C=O) groups excluding carboxylic acids is 3. The predicted octanol–water partition coefficient (Wildman–Crippen LogP) is 1.93. The number of amides is 3. The number of nitrogens with one attached hydrogen (secondary N) is 1. The molecule has 4 aliphatic heterocycles. The second kappa shape index (κ2) is 10.3. The summed E-state index contributed by atoms with van der Waals surface area (Å²) in [5, 5.41) is 13.3. The SMILES string of the molecule is O=C1CCC(N2Cc3cc(OC4CCCCC4N4CC(C(=O)N5CCCCC5)C4)ccc3C2O)C(=O)N1.